The van der Waals surface area contributed by atoms with E-state index in [1.54, 1.807) is 0 Å². The first-order chi connectivity index (χ1) is 7.39. The number of hydrogen-bond donors (Lipinski definition) is 2. The van der Waals surface area contributed by atoms with Crippen molar-refractivity contribution < 1.29 is 8.42 Å². The van der Waals surface area contributed by atoms with Crippen molar-refractivity contribution in [3.63, 3.8) is 0 Å². The lowest BCUT2D eigenvalue weighted by Gasteiger charge is -2.19. The number of sulfonamides is 1. The van der Waals surface area contributed by atoms with Crippen molar-refractivity contribution in [2.75, 3.05) is 39.5 Å². The summed E-state index contributed by atoms with van der Waals surface area (Å²) in [6.07, 6.45) is 0.652. The van der Waals surface area contributed by atoms with E-state index in [0.29, 0.717) is 13.0 Å². The maximum absolute atomic E-state index is 11.6. The highest BCUT2D eigenvalue weighted by Gasteiger charge is 2.12. The minimum absolute atomic E-state index is 0.195. The molecule has 0 fully saturated rings. The topological polar surface area (TPSA) is 61.4 Å². The molecule has 0 aliphatic carbocycles. The Morgan fingerprint density at radius 1 is 1.31 bits per heavy atom. The minimum Gasteiger partial charge on any atom is -0.317 e. The molecule has 0 aliphatic rings. The van der Waals surface area contributed by atoms with Gasteiger partial charge in [-0.25, -0.2) is 13.1 Å². The van der Waals surface area contributed by atoms with Crippen LogP contribution in [0, 0.1) is 0 Å². The maximum Gasteiger partial charge on any atom is 0.211 e. The van der Waals surface area contributed by atoms with Crippen molar-refractivity contribution in [1.82, 2.24) is 14.9 Å². The van der Waals surface area contributed by atoms with Crippen molar-refractivity contribution in [3.8, 4) is 0 Å². The molecular formula is C10H25N3O2S. The molecule has 0 radical (unpaired) electrons. The molecule has 0 aromatic heterocycles. The van der Waals surface area contributed by atoms with Crippen molar-refractivity contribution in [2.45, 2.75) is 26.3 Å². The average Bonchev–Trinajstić information content (AvgIpc) is 2.21. The first kappa shape index (κ1) is 15.8. The first-order valence-electron chi connectivity index (χ1n) is 5.73. The molecule has 0 amide bonds. The molecule has 0 saturated carbocycles. The van der Waals surface area contributed by atoms with E-state index in [1.807, 2.05) is 32.8 Å². The summed E-state index contributed by atoms with van der Waals surface area (Å²) in [4.78, 5) is 1.99. The number of nitrogens with one attached hydrogen (secondary N) is 2. The molecule has 0 spiro atoms. The van der Waals surface area contributed by atoms with Gasteiger partial charge in [0.1, 0.15) is 0 Å². The Bertz CT molecular complexity index is 265. The summed E-state index contributed by atoms with van der Waals surface area (Å²) in [7, 11) is 0.762. The second-order valence-electron chi connectivity index (χ2n) is 4.19. The molecule has 0 heterocycles. The average molecular weight is 251 g/mol. The molecule has 0 saturated heterocycles. The molecule has 98 valence electrons. The Morgan fingerprint density at radius 2 is 1.94 bits per heavy atom. The summed E-state index contributed by atoms with van der Waals surface area (Å²) < 4.78 is 25.7. The second kappa shape index (κ2) is 8.00. The van der Waals surface area contributed by atoms with Crippen LogP contribution in [0.25, 0.3) is 0 Å². The van der Waals surface area contributed by atoms with Crippen LogP contribution in [0.1, 0.15) is 20.3 Å². The maximum atomic E-state index is 11.6. The van der Waals surface area contributed by atoms with Gasteiger partial charge in [-0.2, -0.15) is 0 Å². The Morgan fingerprint density at radius 3 is 2.44 bits per heavy atom. The largest absolute Gasteiger partial charge is 0.317 e. The van der Waals surface area contributed by atoms with Crippen molar-refractivity contribution in [1.29, 1.82) is 0 Å². The molecule has 1 atom stereocenters. The lowest BCUT2D eigenvalue weighted by atomic mass is 10.3. The quantitative estimate of drug-likeness (QED) is 0.560. The smallest absolute Gasteiger partial charge is 0.211 e. The van der Waals surface area contributed by atoms with Crippen molar-refractivity contribution in [2.24, 2.45) is 0 Å². The van der Waals surface area contributed by atoms with Crippen LogP contribution in [0.2, 0.25) is 0 Å². The zero-order valence-electron chi connectivity index (χ0n) is 10.8. The van der Waals surface area contributed by atoms with E-state index in [-0.39, 0.29) is 11.8 Å². The number of rotatable bonds is 9. The summed E-state index contributed by atoms with van der Waals surface area (Å²) in [5.41, 5.74) is 0. The molecule has 0 aromatic rings. The Kier molecular flexibility index (Phi) is 7.91. The van der Waals surface area contributed by atoms with E-state index in [1.165, 1.54) is 0 Å². The SMILES string of the molecule is CCNCCCS(=O)(=O)NCC(C)N(C)C. The standard InChI is InChI=1S/C10H25N3O2S/c1-5-11-7-6-8-16(14,15)12-9-10(2)13(3)4/h10-12H,5-9H2,1-4H3. The summed E-state index contributed by atoms with van der Waals surface area (Å²) in [6.45, 7) is 6.09. The van der Waals surface area contributed by atoms with Crippen LogP contribution in [0.5, 0.6) is 0 Å². The predicted octanol–water partition coefficient (Wildman–Crippen LogP) is -0.144. The monoisotopic (exact) mass is 251 g/mol. The highest BCUT2D eigenvalue weighted by Crippen LogP contribution is 1.93. The Labute approximate surface area is 99.6 Å². The van der Waals surface area contributed by atoms with Crippen molar-refractivity contribution in [3.05, 3.63) is 0 Å². The Balaban J connectivity index is 3.79. The first-order valence-corrected chi connectivity index (χ1v) is 7.38. The third-order valence-corrected chi connectivity index (χ3v) is 3.93. The van der Waals surface area contributed by atoms with Gasteiger partial charge < -0.3 is 10.2 Å². The van der Waals surface area contributed by atoms with Crippen LogP contribution in [0.3, 0.4) is 0 Å². The van der Waals surface area contributed by atoms with Gasteiger partial charge in [0, 0.05) is 12.6 Å². The fourth-order valence-electron chi connectivity index (χ4n) is 1.07. The molecule has 0 aromatic carbocycles. The van der Waals surface area contributed by atoms with Crippen LogP contribution in [-0.2, 0) is 10.0 Å². The molecule has 2 N–H and O–H groups in total. The van der Waals surface area contributed by atoms with Gasteiger partial charge >= 0.3 is 0 Å². The summed E-state index contributed by atoms with van der Waals surface area (Å²) in [6, 6.07) is 0.212. The molecule has 5 nitrogen and oxygen atoms in total. The van der Waals surface area contributed by atoms with Gasteiger partial charge in [-0.1, -0.05) is 6.92 Å². The number of nitrogens with zero attached hydrogens (tertiary/aromatic N) is 1. The lowest BCUT2D eigenvalue weighted by molar-refractivity contribution is 0.314. The van der Waals surface area contributed by atoms with E-state index in [9.17, 15) is 8.42 Å². The third kappa shape index (κ3) is 8.04. The Hall–Kier alpha value is -0.170. The van der Waals surface area contributed by atoms with Gasteiger partial charge in [0.05, 0.1) is 5.75 Å². The zero-order chi connectivity index (χ0) is 12.6. The van der Waals surface area contributed by atoms with Crippen LogP contribution in [-0.4, -0.2) is 58.8 Å². The van der Waals surface area contributed by atoms with E-state index >= 15 is 0 Å². The fourth-order valence-corrected chi connectivity index (χ4v) is 2.23. The summed E-state index contributed by atoms with van der Waals surface area (Å²) in [5, 5.41) is 3.10. The van der Waals surface area contributed by atoms with Crippen LogP contribution < -0.4 is 10.0 Å². The highest BCUT2D eigenvalue weighted by molar-refractivity contribution is 7.89. The van der Waals surface area contributed by atoms with Gasteiger partial charge in [0.2, 0.25) is 10.0 Å². The highest BCUT2D eigenvalue weighted by atomic mass is 32.2. The predicted molar refractivity (Wildman–Crippen MR) is 68.1 cm³/mol. The molecule has 16 heavy (non-hydrogen) atoms. The second-order valence-corrected chi connectivity index (χ2v) is 6.11. The zero-order valence-corrected chi connectivity index (χ0v) is 11.6. The normalized spacial score (nSPS) is 14.3. The molecule has 1 unspecified atom stereocenters. The third-order valence-electron chi connectivity index (χ3n) is 2.50. The van der Waals surface area contributed by atoms with E-state index in [4.69, 9.17) is 0 Å². The van der Waals surface area contributed by atoms with Gasteiger partial charge in [0.15, 0.2) is 0 Å². The minimum atomic E-state index is -3.11. The molecule has 6 heteroatoms. The van der Waals surface area contributed by atoms with Gasteiger partial charge in [-0.05, 0) is 40.5 Å². The van der Waals surface area contributed by atoms with Gasteiger partial charge in [-0.3, -0.25) is 0 Å². The van der Waals surface area contributed by atoms with E-state index in [2.05, 4.69) is 10.0 Å². The molecule has 0 rings (SSSR count). The molecular weight excluding hydrogens is 226 g/mol. The number of likely N-dealkylation sites (N-methyl/N-ethyl adjacent to an activating group) is 1. The number of hydrogen-bond acceptors (Lipinski definition) is 4. The van der Waals surface area contributed by atoms with Crippen LogP contribution in [0.15, 0.2) is 0 Å². The molecule has 0 aliphatic heterocycles. The fraction of sp³-hybridized carbons (Fsp3) is 1.00. The van der Waals surface area contributed by atoms with Gasteiger partial charge in [-0.15, -0.1) is 0 Å². The van der Waals surface area contributed by atoms with E-state index in [0.717, 1.165) is 13.1 Å². The summed E-state index contributed by atoms with van der Waals surface area (Å²) in [5.74, 6) is 0.195. The van der Waals surface area contributed by atoms with E-state index < -0.39 is 10.0 Å². The summed E-state index contributed by atoms with van der Waals surface area (Å²) >= 11 is 0. The van der Waals surface area contributed by atoms with Gasteiger partial charge in [0.25, 0.3) is 0 Å². The van der Waals surface area contributed by atoms with Crippen LogP contribution >= 0.6 is 0 Å². The van der Waals surface area contributed by atoms with Crippen LogP contribution in [0.4, 0.5) is 0 Å². The lowest BCUT2D eigenvalue weighted by Crippen LogP contribution is -2.39. The van der Waals surface area contributed by atoms with Crippen molar-refractivity contribution >= 4 is 10.0 Å². The molecule has 0 bridgehead atoms.